The molecular weight excluding hydrogens is 276 g/mol. The van der Waals surface area contributed by atoms with Gasteiger partial charge in [-0.05, 0) is 37.8 Å². The monoisotopic (exact) mass is 294 g/mol. The molecule has 2 N–H and O–H groups in total. The Morgan fingerprint density at radius 3 is 2.52 bits per heavy atom. The minimum absolute atomic E-state index is 0.245. The summed E-state index contributed by atoms with van der Waals surface area (Å²) >= 11 is 0. The van der Waals surface area contributed by atoms with Gasteiger partial charge in [0, 0.05) is 24.8 Å². The van der Waals surface area contributed by atoms with Crippen molar-refractivity contribution in [1.82, 2.24) is 0 Å². The number of piperidine rings is 1. The Morgan fingerprint density at radius 2 is 2.05 bits per heavy atom. The van der Waals surface area contributed by atoms with Crippen LogP contribution in [-0.4, -0.2) is 40.3 Å². The number of carboxylic acids is 1. The van der Waals surface area contributed by atoms with E-state index in [0.29, 0.717) is 18.8 Å². The minimum atomic E-state index is -1.30. The third-order valence-electron chi connectivity index (χ3n) is 4.00. The fourth-order valence-electron chi connectivity index (χ4n) is 2.69. The summed E-state index contributed by atoms with van der Waals surface area (Å²) in [5.74, 6) is -1.06. The molecule has 7 heteroatoms. The molecule has 1 aromatic carbocycles. The first-order valence-electron chi connectivity index (χ1n) is 6.85. The second-order valence-electron chi connectivity index (χ2n) is 5.33. The van der Waals surface area contributed by atoms with Crippen LogP contribution in [0.25, 0.3) is 0 Å². The Labute approximate surface area is 122 Å². The Kier molecular flexibility index (Phi) is 4.42. The highest BCUT2D eigenvalue weighted by Crippen LogP contribution is 2.29. The van der Waals surface area contributed by atoms with Gasteiger partial charge < -0.3 is 15.1 Å². The summed E-state index contributed by atoms with van der Waals surface area (Å²) in [6, 6.07) is 4.18. The number of benzene rings is 1. The maximum Gasteiger partial charge on any atom is 0.342 e. The van der Waals surface area contributed by atoms with E-state index in [1.54, 1.807) is 13.0 Å². The van der Waals surface area contributed by atoms with Gasteiger partial charge in [0.15, 0.2) is 0 Å². The van der Waals surface area contributed by atoms with Crippen LogP contribution in [0.1, 0.15) is 30.1 Å². The van der Waals surface area contributed by atoms with Gasteiger partial charge in [0.05, 0.1) is 11.0 Å². The Balaban J connectivity index is 2.20. The van der Waals surface area contributed by atoms with E-state index < -0.39 is 16.6 Å². The predicted octanol–water partition coefficient (Wildman–Crippen LogP) is 1.89. The quantitative estimate of drug-likeness (QED) is 0.649. The van der Waals surface area contributed by atoms with Gasteiger partial charge in [0.2, 0.25) is 0 Å². The number of aromatic carboxylic acids is 1. The number of anilines is 1. The Hall–Kier alpha value is -2.15. The molecule has 7 nitrogen and oxygen atoms in total. The Bertz CT molecular complexity index is 550. The molecule has 1 fully saturated rings. The summed E-state index contributed by atoms with van der Waals surface area (Å²) in [5.41, 5.74) is -0.0454. The zero-order valence-corrected chi connectivity index (χ0v) is 11.7. The number of rotatable bonds is 4. The number of aliphatic hydroxyl groups is 1. The number of nitro benzene ring substituents is 1. The molecule has 0 saturated carbocycles. The van der Waals surface area contributed by atoms with Gasteiger partial charge in [-0.25, -0.2) is 4.79 Å². The first kappa shape index (κ1) is 15.2. The highest BCUT2D eigenvalue weighted by atomic mass is 16.6. The van der Waals surface area contributed by atoms with E-state index in [1.165, 1.54) is 12.1 Å². The fraction of sp³-hybridized carbons (Fsp3) is 0.500. The van der Waals surface area contributed by atoms with E-state index in [9.17, 15) is 20.0 Å². The zero-order valence-electron chi connectivity index (χ0n) is 11.7. The molecule has 2 rings (SSSR count). The zero-order chi connectivity index (χ0) is 15.6. The van der Waals surface area contributed by atoms with Gasteiger partial charge in [-0.15, -0.1) is 0 Å². The third-order valence-corrected chi connectivity index (χ3v) is 4.00. The van der Waals surface area contributed by atoms with Crippen LogP contribution in [0, 0.1) is 16.0 Å². The van der Waals surface area contributed by atoms with Gasteiger partial charge in [-0.2, -0.15) is 0 Å². The predicted molar refractivity (Wildman–Crippen MR) is 76.7 cm³/mol. The van der Waals surface area contributed by atoms with Gasteiger partial charge in [-0.3, -0.25) is 10.1 Å². The van der Waals surface area contributed by atoms with Crippen molar-refractivity contribution >= 4 is 17.3 Å². The van der Waals surface area contributed by atoms with Crippen molar-refractivity contribution in [2.24, 2.45) is 5.92 Å². The molecule has 1 aliphatic heterocycles. The van der Waals surface area contributed by atoms with Crippen molar-refractivity contribution in [3.05, 3.63) is 33.9 Å². The normalized spacial score (nSPS) is 17.5. The largest absolute Gasteiger partial charge is 0.477 e. The van der Waals surface area contributed by atoms with Crippen LogP contribution in [0.15, 0.2) is 18.2 Å². The highest BCUT2D eigenvalue weighted by Gasteiger charge is 2.25. The molecule has 21 heavy (non-hydrogen) atoms. The number of hydrogen-bond acceptors (Lipinski definition) is 5. The number of carbonyl (C=O) groups is 1. The average Bonchev–Trinajstić information content (AvgIpc) is 2.46. The summed E-state index contributed by atoms with van der Waals surface area (Å²) in [6.07, 6.45) is 1.27. The molecule has 0 amide bonds. The van der Waals surface area contributed by atoms with Gasteiger partial charge in [-0.1, -0.05) is 0 Å². The van der Waals surface area contributed by atoms with Gasteiger partial charge in [0.25, 0.3) is 5.69 Å². The summed E-state index contributed by atoms with van der Waals surface area (Å²) in [5, 5.41) is 29.5. The van der Waals surface area contributed by atoms with Crippen molar-refractivity contribution in [1.29, 1.82) is 0 Å². The van der Waals surface area contributed by atoms with Crippen molar-refractivity contribution in [3.8, 4) is 0 Å². The number of hydrogen-bond donors (Lipinski definition) is 2. The second-order valence-corrected chi connectivity index (χ2v) is 5.33. The summed E-state index contributed by atoms with van der Waals surface area (Å²) in [6.45, 7) is 3.16. The molecule has 114 valence electrons. The molecule has 1 atom stereocenters. The van der Waals surface area contributed by atoms with E-state index in [-0.39, 0.29) is 17.6 Å². The van der Waals surface area contributed by atoms with E-state index in [4.69, 9.17) is 5.11 Å². The van der Waals surface area contributed by atoms with E-state index >= 15 is 0 Å². The first-order valence-corrected chi connectivity index (χ1v) is 6.85. The molecule has 0 aliphatic carbocycles. The van der Waals surface area contributed by atoms with Crippen LogP contribution in [0.3, 0.4) is 0 Å². The summed E-state index contributed by atoms with van der Waals surface area (Å²) in [7, 11) is 0. The molecule has 1 heterocycles. The lowest BCUT2D eigenvalue weighted by molar-refractivity contribution is -0.385. The SMILES string of the molecule is CC(O)C1CCN(c2ccc(C(=O)O)c([N+](=O)[O-])c2)CC1. The lowest BCUT2D eigenvalue weighted by Gasteiger charge is -2.34. The van der Waals surface area contributed by atoms with Crippen molar-refractivity contribution < 1.29 is 19.9 Å². The maximum absolute atomic E-state index is 11.0. The lowest BCUT2D eigenvalue weighted by atomic mass is 9.92. The molecule has 1 saturated heterocycles. The van der Waals surface area contributed by atoms with E-state index in [1.807, 2.05) is 4.90 Å². The van der Waals surface area contributed by atoms with Crippen molar-refractivity contribution in [2.45, 2.75) is 25.9 Å². The number of aliphatic hydroxyl groups excluding tert-OH is 1. The van der Waals surface area contributed by atoms with Crippen LogP contribution in [0.2, 0.25) is 0 Å². The second kappa shape index (κ2) is 6.09. The van der Waals surface area contributed by atoms with Gasteiger partial charge >= 0.3 is 5.97 Å². The van der Waals surface area contributed by atoms with Crippen LogP contribution in [0.5, 0.6) is 0 Å². The van der Waals surface area contributed by atoms with E-state index in [0.717, 1.165) is 12.8 Å². The van der Waals surface area contributed by atoms with Crippen molar-refractivity contribution in [2.75, 3.05) is 18.0 Å². The smallest absolute Gasteiger partial charge is 0.342 e. The molecule has 0 radical (unpaired) electrons. The number of nitrogens with zero attached hydrogens (tertiary/aromatic N) is 2. The minimum Gasteiger partial charge on any atom is -0.477 e. The summed E-state index contributed by atoms with van der Waals surface area (Å²) in [4.78, 5) is 23.3. The molecule has 1 aliphatic rings. The first-order chi connectivity index (χ1) is 9.90. The van der Waals surface area contributed by atoms with Crippen LogP contribution in [0.4, 0.5) is 11.4 Å². The topological polar surface area (TPSA) is 104 Å². The number of carboxylic acid groups (broad SMARTS) is 1. The number of nitro groups is 1. The highest BCUT2D eigenvalue weighted by molar-refractivity contribution is 5.93. The van der Waals surface area contributed by atoms with Crippen molar-refractivity contribution in [3.63, 3.8) is 0 Å². The molecule has 0 spiro atoms. The third kappa shape index (κ3) is 3.30. The van der Waals surface area contributed by atoms with E-state index in [2.05, 4.69) is 0 Å². The molecule has 1 unspecified atom stereocenters. The molecular formula is C14H18N2O5. The average molecular weight is 294 g/mol. The lowest BCUT2D eigenvalue weighted by Crippen LogP contribution is -2.37. The molecule has 0 bridgehead atoms. The van der Waals surface area contributed by atoms with Gasteiger partial charge in [0.1, 0.15) is 5.56 Å². The standard InChI is InChI=1S/C14H18N2O5/c1-9(17)10-4-6-15(7-5-10)11-2-3-12(14(18)19)13(8-11)16(20)21/h2-3,8-10,17H,4-7H2,1H3,(H,18,19). The van der Waals surface area contributed by atoms with Crippen LogP contribution < -0.4 is 4.90 Å². The van der Waals surface area contributed by atoms with Crippen LogP contribution >= 0.6 is 0 Å². The fourth-order valence-corrected chi connectivity index (χ4v) is 2.69. The maximum atomic E-state index is 11.0. The molecule has 1 aromatic rings. The Morgan fingerprint density at radius 1 is 1.43 bits per heavy atom. The summed E-state index contributed by atoms with van der Waals surface area (Å²) < 4.78 is 0. The van der Waals surface area contributed by atoms with Crippen LogP contribution in [-0.2, 0) is 0 Å². The molecule has 0 aromatic heterocycles.